The lowest BCUT2D eigenvalue weighted by Crippen LogP contribution is -1.96. The van der Waals surface area contributed by atoms with Crippen molar-refractivity contribution in [3.63, 3.8) is 0 Å². The minimum atomic E-state index is 0.288. The van der Waals surface area contributed by atoms with Crippen LogP contribution in [0.2, 0.25) is 0 Å². The minimum Gasteiger partial charge on any atom is -0.454 e. The molecule has 0 fully saturated rings. The van der Waals surface area contributed by atoms with Crippen LogP contribution in [0.15, 0.2) is 30.7 Å². The highest BCUT2D eigenvalue weighted by molar-refractivity contribution is 5.50. The zero-order chi connectivity index (χ0) is 11.0. The van der Waals surface area contributed by atoms with Crippen LogP contribution in [0.25, 0.3) is 5.69 Å². The summed E-state index contributed by atoms with van der Waals surface area (Å²) in [5, 5.41) is 0. The molecule has 1 aromatic carbocycles. The van der Waals surface area contributed by atoms with Crippen LogP contribution < -0.4 is 15.2 Å². The number of fused-ring (bicyclic) bond motifs is 1. The second kappa shape index (κ2) is 3.53. The van der Waals surface area contributed by atoms with Gasteiger partial charge >= 0.3 is 0 Å². The molecule has 5 heteroatoms. The molecule has 1 aliphatic rings. The first-order chi connectivity index (χ1) is 7.86. The molecule has 16 heavy (non-hydrogen) atoms. The van der Waals surface area contributed by atoms with Gasteiger partial charge < -0.3 is 19.8 Å². The summed E-state index contributed by atoms with van der Waals surface area (Å²) < 4.78 is 12.5. The average molecular weight is 217 g/mol. The van der Waals surface area contributed by atoms with E-state index in [2.05, 4.69) is 4.98 Å². The smallest absolute Gasteiger partial charge is 0.231 e. The minimum absolute atomic E-state index is 0.288. The lowest BCUT2D eigenvalue weighted by molar-refractivity contribution is 0.174. The van der Waals surface area contributed by atoms with Crippen LogP contribution in [0.4, 0.5) is 0 Å². The Hall–Kier alpha value is -2.01. The summed E-state index contributed by atoms with van der Waals surface area (Å²) in [4.78, 5) is 4.17. The molecule has 0 spiro atoms. The number of hydrogen-bond donors (Lipinski definition) is 1. The number of aromatic nitrogens is 2. The Kier molecular flexibility index (Phi) is 2.04. The second-order valence-corrected chi connectivity index (χ2v) is 3.51. The first-order valence-electron chi connectivity index (χ1n) is 5.00. The molecule has 0 atom stereocenters. The Balaban J connectivity index is 2.00. The highest BCUT2D eigenvalue weighted by Crippen LogP contribution is 2.33. The zero-order valence-electron chi connectivity index (χ0n) is 8.59. The average Bonchev–Trinajstić information content (AvgIpc) is 2.96. The molecule has 1 aliphatic heterocycles. The van der Waals surface area contributed by atoms with E-state index in [1.807, 2.05) is 29.0 Å². The molecule has 0 amide bonds. The Bertz CT molecular complexity index is 522. The Morgan fingerprint density at radius 3 is 3.00 bits per heavy atom. The zero-order valence-corrected chi connectivity index (χ0v) is 8.59. The molecular weight excluding hydrogens is 206 g/mol. The molecule has 0 unspecified atom stereocenters. The fourth-order valence-electron chi connectivity index (χ4n) is 1.66. The fourth-order valence-corrected chi connectivity index (χ4v) is 1.66. The Morgan fingerprint density at radius 1 is 1.31 bits per heavy atom. The van der Waals surface area contributed by atoms with Crippen molar-refractivity contribution in [2.75, 3.05) is 6.79 Å². The quantitative estimate of drug-likeness (QED) is 0.817. The van der Waals surface area contributed by atoms with E-state index in [-0.39, 0.29) is 6.79 Å². The maximum absolute atomic E-state index is 5.51. The van der Waals surface area contributed by atoms with E-state index >= 15 is 0 Å². The van der Waals surface area contributed by atoms with Gasteiger partial charge in [0.2, 0.25) is 6.79 Å². The molecule has 5 nitrogen and oxygen atoms in total. The van der Waals surface area contributed by atoms with Gasteiger partial charge in [0.15, 0.2) is 11.5 Å². The Labute approximate surface area is 92.4 Å². The maximum Gasteiger partial charge on any atom is 0.231 e. The SMILES string of the molecule is NCc1cn(-c2ccc3c(c2)OCO3)cn1. The summed E-state index contributed by atoms with van der Waals surface area (Å²) in [6.07, 6.45) is 3.64. The Morgan fingerprint density at radius 2 is 2.19 bits per heavy atom. The monoisotopic (exact) mass is 217 g/mol. The standard InChI is InChI=1S/C11H11N3O2/c12-4-8-5-14(6-13-8)9-1-2-10-11(3-9)16-7-15-10/h1-3,5-6H,4,7,12H2. The van der Waals surface area contributed by atoms with E-state index in [1.54, 1.807) is 6.33 Å². The number of imidazole rings is 1. The predicted octanol–water partition coefficient (Wildman–Crippen LogP) is 1.06. The van der Waals surface area contributed by atoms with E-state index in [0.717, 1.165) is 22.9 Å². The number of nitrogens with zero attached hydrogens (tertiary/aromatic N) is 2. The maximum atomic E-state index is 5.51. The van der Waals surface area contributed by atoms with Crippen molar-refractivity contribution in [1.29, 1.82) is 0 Å². The molecule has 0 aliphatic carbocycles. The summed E-state index contributed by atoms with van der Waals surface area (Å²) in [5.41, 5.74) is 7.35. The van der Waals surface area contributed by atoms with Gasteiger partial charge in [-0.1, -0.05) is 0 Å². The molecule has 2 heterocycles. The molecule has 0 radical (unpaired) electrons. The first-order valence-corrected chi connectivity index (χ1v) is 5.00. The summed E-state index contributed by atoms with van der Waals surface area (Å²) in [5.74, 6) is 1.54. The highest BCUT2D eigenvalue weighted by atomic mass is 16.7. The molecular formula is C11H11N3O2. The molecule has 0 saturated heterocycles. The van der Waals surface area contributed by atoms with Crippen LogP contribution in [-0.2, 0) is 6.54 Å². The van der Waals surface area contributed by atoms with Crippen molar-refractivity contribution in [2.24, 2.45) is 5.73 Å². The van der Waals surface area contributed by atoms with Crippen molar-refractivity contribution in [3.05, 3.63) is 36.4 Å². The van der Waals surface area contributed by atoms with Gasteiger partial charge in [-0.25, -0.2) is 4.98 Å². The van der Waals surface area contributed by atoms with Crippen LogP contribution in [0.1, 0.15) is 5.69 Å². The summed E-state index contributed by atoms with van der Waals surface area (Å²) in [6, 6.07) is 5.76. The van der Waals surface area contributed by atoms with Crippen molar-refractivity contribution >= 4 is 0 Å². The van der Waals surface area contributed by atoms with E-state index in [4.69, 9.17) is 15.2 Å². The van der Waals surface area contributed by atoms with Gasteiger partial charge in [0, 0.05) is 18.8 Å². The molecule has 1 aromatic heterocycles. The van der Waals surface area contributed by atoms with Gasteiger partial charge in [-0.3, -0.25) is 0 Å². The van der Waals surface area contributed by atoms with E-state index in [0.29, 0.717) is 6.54 Å². The van der Waals surface area contributed by atoms with E-state index in [1.165, 1.54) is 0 Å². The van der Waals surface area contributed by atoms with E-state index < -0.39 is 0 Å². The molecule has 82 valence electrons. The van der Waals surface area contributed by atoms with Crippen molar-refractivity contribution in [3.8, 4) is 17.2 Å². The fraction of sp³-hybridized carbons (Fsp3) is 0.182. The number of nitrogens with two attached hydrogens (primary N) is 1. The van der Waals surface area contributed by atoms with Crippen molar-refractivity contribution < 1.29 is 9.47 Å². The molecule has 2 aromatic rings. The lowest BCUT2D eigenvalue weighted by atomic mass is 10.3. The third-order valence-electron chi connectivity index (χ3n) is 2.50. The van der Waals surface area contributed by atoms with Gasteiger partial charge in [0.1, 0.15) is 0 Å². The van der Waals surface area contributed by atoms with E-state index in [9.17, 15) is 0 Å². The van der Waals surface area contributed by atoms with Gasteiger partial charge in [0.25, 0.3) is 0 Å². The third kappa shape index (κ3) is 1.42. The molecule has 0 bridgehead atoms. The largest absolute Gasteiger partial charge is 0.454 e. The summed E-state index contributed by atoms with van der Waals surface area (Å²) >= 11 is 0. The third-order valence-corrected chi connectivity index (χ3v) is 2.50. The van der Waals surface area contributed by atoms with Gasteiger partial charge in [-0.05, 0) is 12.1 Å². The number of hydrogen-bond acceptors (Lipinski definition) is 4. The molecule has 2 N–H and O–H groups in total. The predicted molar refractivity (Wildman–Crippen MR) is 57.6 cm³/mol. The number of benzene rings is 1. The van der Waals surface area contributed by atoms with Crippen molar-refractivity contribution in [1.82, 2.24) is 9.55 Å². The number of rotatable bonds is 2. The highest BCUT2D eigenvalue weighted by Gasteiger charge is 2.13. The van der Waals surface area contributed by atoms with Crippen molar-refractivity contribution in [2.45, 2.75) is 6.54 Å². The van der Waals surface area contributed by atoms with Gasteiger partial charge in [0.05, 0.1) is 17.7 Å². The van der Waals surface area contributed by atoms with Gasteiger partial charge in [-0.15, -0.1) is 0 Å². The summed E-state index contributed by atoms with van der Waals surface area (Å²) in [7, 11) is 0. The number of ether oxygens (including phenoxy) is 2. The lowest BCUT2D eigenvalue weighted by Gasteiger charge is -2.02. The van der Waals surface area contributed by atoms with Gasteiger partial charge in [-0.2, -0.15) is 0 Å². The van der Waals surface area contributed by atoms with Crippen LogP contribution >= 0.6 is 0 Å². The van der Waals surface area contributed by atoms with Crippen LogP contribution in [0, 0.1) is 0 Å². The van der Waals surface area contributed by atoms with Crippen LogP contribution in [-0.4, -0.2) is 16.3 Å². The molecule has 0 saturated carbocycles. The molecule has 3 rings (SSSR count). The van der Waals surface area contributed by atoms with Crippen LogP contribution in [0.5, 0.6) is 11.5 Å². The van der Waals surface area contributed by atoms with Crippen LogP contribution in [0.3, 0.4) is 0 Å². The first kappa shape index (κ1) is 9.23. The second-order valence-electron chi connectivity index (χ2n) is 3.51. The normalized spacial score (nSPS) is 13.1. The summed E-state index contributed by atoms with van der Waals surface area (Å²) in [6.45, 7) is 0.730. The topological polar surface area (TPSA) is 62.3 Å².